The van der Waals surface area contributed by atoms with Gasteiger partial charge in [-0.1, -0.05) is 103 Å². The maximum Gasteiger partial charge on any atom is 0.137 e. The van der Waals surface area contributed by atoms with E-state index in [1.807, 2.05) is 24.3 Å². The van der Waals surface area contributed by atoms with Crippen LogP contribution in [0.5, 0.6) is 0 Å². The molecular weight excluding hydrogens is 661 g/mol. The summed E-state index contributed by atoms with van der Waals surface area (Å²) in [5, 5.41) is 9.10. The molecule has 0 aliphatic heterocycles. The van der Waals surface area contributed by atoms with Crippen LogP contribution in [0.1, 0.15) is 0 Å². The standard InChI is InChI=1S/C50H32N2O2/c1-3-13-35(14-4-1)51(36-15-5-2-6-16-36)37-17-11-18-38(30-37)52(45-21-12-24-48-50(45)41-20-8-10-23-47(41)53-48)39-28-27-33-25-26-34-29-49-44(32-43(34)42(33)31-39)40-19-7-9-22-46(40)54-49/h1-32H. The Morgan fingerprint density at radius 3 is 1.59 bits per heavy atom. The number of rotatable bonds is 6. The summed E-state index contributed by atoms with van der Waals surface area (Å²) < 4.78 is 12.7. The van der Waals surface area contributed by atoms with Crippen LogP contribution in [0.2, 0.25) is 0 Å². The molecule has 0 fully saturated rings. The highest BCUT2D eigenvalue weighted by atomic mass is 16.3. The van der Waals surface area contributed by atoms with E-state index in [9.17, 15) is 0 Å². The highest BCUT2D eigenvalue weighted by Crippen LogP contribution is 2.46. The number of hydrogen-bond donors (Lipinski definition) is 0. The van der Waals surface area contributed by atoms with Crippen molar-refractivity contribution in [2.24, 2.45) is 0 Å². The number of anilines is 6. The number of fused-ring (bicyclic) bond motifs is 9. The molecule has 0 saturated heterocycles. The first-order valence-electron chi connectivity index (χ1n) is 18.3. The highest BCUT2D eigenvalue weighted by molar-refractivity contribution is 6.18. The molecule has 0 aliphatic rings. The normalized spacial score (nSPS) is 11.7. The fourth-order valence-electron chi connectivity index (χ4n) is 8.14. The molecule has 0 radical (unpaired) electrons. The minimum atomic E-state index is 0.852. The van der Waals surface area contributed by atoms with Gasteiger partial charge in [-0.25, -0.2) is 0 Å². The number of nitrogens with zero attached hydrogens (tertiary/aromatic N) is 2. The Hall–Kier alpha value is -7.30. The lowest BCUT2D eigenvalue weighted by Crippen LogP contribution is -2.13. The largest absolute Gasteiger partial charge is 0.456 e. The van der Waals surface area contributed by atoms with Gasteiger partial charge in [0.1, 0.15) is 22.3 Å². The van der Waals surface area contributed by atoms with Crippen LogP contribution in [0.15, 0.2) is 203 Å². The lowest BCUT2D eigenvalue weighted by molar-refractivity contribution is 0.669. The van der Waals surface area contributed by atoms with Crippen LogP contribution in [0, 0.1) is 0 Å². The highest BCUT2D eigenvalue weighted by Gasteiger charge is 2.22. The molecule has 254 valence electrons. The molecule has 0 amide bonds. The summed E-state index contributed by atoms with van der Waals surface area (Å²) in [7, 11) is 0. The summed E-state index contributed by atoms with van der Waals surface area (Å²) in [6.45, 7) is 0. The smallest absolute Gasteiger partial charge is 0.137 e. The van der Waals surface area contributed by atoms with E-state index >= 15 is 0 Å². The van der Waals surface area contributed by atoms with Crippen LogP contribution in [0.3, 0.4) is 0 Å². The van der Waals surface area contributed by atoms with Crippen LogP contribution in [0.25, 0.3) is 65.4 Å². The van der Waals surface area contributed by atoms with Crippen molar-refractivity contribution < 1.29 is 8.83 Å². The van der Waals surface area contributed by atoms with Crippen molar-refractivity contribution in [1.29, 1.82) is 0 Å². The fraction of sp³-hybridized carbons (Fsp3) is 0. The van der Waals surface area contributed by atoms with E-state index in [0.717, 1.165) is 83.4 Å². The van der Waals surface area contributed by atoms with E-state index in [0.29, 0.717) is 0 Å². The second-order valence-electron chi connectivity index (χ2n) is 13.7. The summed E-state index contributed by atoms with van der Waals surface area (Å²) in [5.74, 6) is 0. The van der Waals surface area contributed by atoms with Crippen molar-refractivity contribution in [1.82, 2.24) is 0 Å². The van der Waals surface area contributed by atoms with Crippen molar-refractivity contribution >= 4 is 99.5 Å². The van der Waals surface area contributed by atoms with Crippen LogP contribution in [0.4, 0.5) is 34.1 Å². The Kier molecular flexibility index (Phi) is 6.82. The van der Waals surface area contributed by atoms with E-state index in [-0.39, 0.29) is 0 Å². The molecule has 11 rings (SSSR count). The van der Waals surface area contributed by atoms with E-state index in [2.05, 4.69) is 180 Å². The van der Waals surface area contributed by atoms with Gasteiger partial charge in [0.15, 0.2) is 0 Å². The second-order valence-corrected chi connectivity index (χ2v) is 13.7. The number of hydrogen-bond acceptors (Lipinski definition) is 4. The zero-order valence-electron chi connectivity index (χ0n) is 29.2. The Balaban J connectivity index is 1.17. The van der Waals surface area contributed by atoms with Gasteiger partial charge in [-0.05, 0) is 113 Å². The first-order chi connectivity index (χ1) is 26.8. The molecule has 0 aliphatic carbocycles. The van der Waals surface area contributed by atoms with Crippen molar-refractivity contribution in [3.8, 4) is 0 Å². The molecule has 2 heterocycles. The molecule has 0 atom stereocenters. The van der Waals surface area contributed by atoms with Crippen LogP contribution >= 0.6 is 0 Å². The predicted octanol–water partition coefficient (Wildman–Crippen LogP) is 14.7. The molecule has 4 nitrogen and oxygen atoms in total. The number of para-hydroxylation sites is 4. The van der Waals surface area contributed by atoms with Crippen molar-refractivity contribution in [3.05, 3.63) is 194 Å². The van der Waals surface area contributed by atoms with Gasteiger partial charge < -0.3 is 18.6 Å². The van der Waals surface area contributed by atoms with E-state index in [1.54, 1.807) is 0 Å². The topological polar surface area (TPSA) is 32.8 Å². The van der Waals surface area contributed by atoms with Crippen molar-refractivity contribution in [2.75, 3.05) is 9.80 Å². The van der Waals surface area contributed by atoms with Gasteiger partial charge >= 0.3 is 0 Å². The summed E-state index contributed by atoms with van der Waals surface area (Å²) in [6, 6.07) is 68.6. The van der Waals surface area contributed by atoms with Gasteiger partial charge in [0, 0.05) is 44.6 Å². The quantitative estimate of drug-likeness (QED) is 0.162. The molecule has 2 aromatic heterocycles. The first kappa shape index (κ1) is 30.3. The summed E-state index contributed by atoms with van der Waals surface area (Å²) in [5.41, 5.74) is 9.88. The molecule has 0 spiro atoms. The Labute approximate surface area is 311 Å². The third-order valence-electron chi connectivity index (χ3n) is 10.6. The van der Waals surface area contributed by atoms with Gasteiger partial charge in [-0.15, -0.1) is 0 Å². The lowest BCUT2D eigenvalue weighted by Gasteiger charge is -2.30. The number of furan rings is 2. The monoisotopic (exact) mass is 692 g/mol. The fourth-order valence-corrected chi connectivity index (χ4v) is 8.14. The average Bonchev–Trinajstić information content (AvgIpc) is 3.80. The third-order valence-corrected chi connectivity index (χ3v) is 10.6. The van der Waals surface area contributed by atoms with Gasteiger partial charge in [-0.3, -0.25) is 0 Å². The van der Waals surface area contributed by atoms with E-state index in [4.69, 9.17) is 8.83 Å². The minimum absolute atomic E-state index is 0.852. The minimum Gasteiger partial charge on any atom is -0.456 e. The second kappa shape index (κ2) is 12.1. The molecular formula is C50H32N2O2. The zero-order valence-corrected chi connectivity index (χ0v) is 29.2. The van der Waals surface area contributed by atoms with Crippen molar-refractivity contribution in [2.45, 2.75) is 0 Å². The van der Waals surface area contributed by atoms with Gasteiger partial charge in [0.25, 0.3) is 0 Å². The maximum atomic E-state index is 6.45. The molecule has 4 heteroatoms. The molecule has 0 bridgehead atoms. The maximum absolute atomic E-state index is 6.45. The first-order valence-corrected chi connectivity index (χ1v) is 18.3. The predicted molar refractivity (Wildman–Crippen MR) is 225 cm³/mol. The number of benzene rings is 9. The molecule has 0 N–H and O–H groups in total. The van der Waals surface area contributed by atoms with Gasteiger partial charge in [0.05, 0.1) is 11.1 Å². The molecule has 11 aromatic rings. The van der Waals surface area contributed by atoms with Gasteiger partial charge in [-0.2, -0.15) is 0 Å². The average molecular weight is 693 g/mol. The Bertz CT molecular complexity index is 3140. The summed E-state index contributed by atoms with van der Waals surface area (Å²) in [6.07, 6.45) is 0. The van der Waals surface area contributed by atoms with E-state index in [1.165, 1.54) is 16.2 Å². The summed E-state index contributed by atoms with van der Waals surface area (Å²) >= 11 is 0. The third kappa shape index (κ3) is 4.85. The van der Waals surface area contributed by atoms with Crippen molar-refractivity contribution in [3.63, 3.8) is 0 Å². The molecule has 54 heavy (non-hydrogen) atoms. The molecule has 0 unspecified atom stereocenters. The molecule has 9 aromatic carbocycles. The Morgan fingerprint density at radius 2 is 0.815 bits per heavy atom. The summed E-state index contributed by atoms with van der Waals surface area (Å²) in [4.78, 5) is 4.69. The van der Waals surface area contributed by atoms with E-state index < -0.39 is 0 Å². The van der Waals surface area contributed by atoms with Gasteiger partial charge in [0.2, 0.25) is 0 Å². The lowest BCUT2D eigenvalue weighted by atomic mass is 9.98. The van der Waals surface area contributed by atoms with Crippen LogP contribution in [-0.4, -0.2) is 0 Å². The zero-order chi connectivity index (χ0) is 35.6. The van der Waals surface area contributed by atoms with Crippen LogP contribution < -0.4 is 9.80 Å². The van der Waals surface area contributed by atoms with Crippen LogP contribution in [-0.2, 0) is 0 Å². The SMILES string of the molecule is c1ccc(N(c2ccccc2)c2cccc(N(c3ccc4ccc5cc6oc7ccccc7c6cc5c4c3)c3cccc4oc5ccccc5c34)c2)cc1. The Morgan fingerprint density at radius 1 is 0.278 bits per heavy atom. The molecule has 0 saturated carbocycles.